The van der Waals surface area contributed by atoms with Crippen LogP contribution in [0.2, 0.25) is 0 Å². The Morgan fingerprint density at radius 2 is 1.64 bits per heavy atom. The van der Waals surface area contributed by atoms with Crippen LogP contribution in [0.1, 0.15) is 55.1 Å². The maximum absolute atomic E-state index is 12.1. The minimum Gasteiger partial charge on any atom is -0.372 e. The first kappa shape index (κ1) is 18.7. The fourth-order valence-corrected chi connectivity index (χ4v) is 2.61. The highest BCUT2D eigenvalue weighted by atomic mass is 16.2. The zero-order valence-electron chi connectivity index (χ0n) is 15.5. The van der Waals surface area contributed by atoms with Crippen molar-refractivity contribution in [3.05, 3.63) is 65.2 Å². The van der Waals surface area contributed by atoms with Crippen molar-refractivity contribution >= 4 is 17.8 Å². The molecule has 0 aliphatic carbocycles. The molecule has 0 aliphatic rings. The molecule has 0 aromatic heterocycles. The SMILES string of the molecule is CCN(CC)c1ccc(/C=N/NC(=O)c2ccc(C(C)C)cc2)cc1. The number of benzene rings is 2. The van der Waals surface area contributed by atoms with E-state index in [1.807, 2.05) is 36.4 Å². The van der Waals surface area contributed by atoms with Gasteiger partial charge in [-0.25, -0.2) is 5.43 Å². The molecular weight excluding hydrogens is 310 g/mol. The molecule has 0 saturated carbocycles. The van der Waals surface area contributed by atoms with E-state index in [0.717, 1.165) is 18.7 Å². The predicted octanol–water partition coefficient (Wildman–Crippen LogP) is 4.42. The normalized spacial score (nSPS) is 11.1. The van der Waals surface area contributed by atoms with Crippen molar-refractivity contribution < 1.29 is 4.79 Å². The number of hydrogen-bond acceptors (Lipinski definition) is 3. The summed E-state index contributed by atoms with van der Waals surface area (Å²) in [6.07, 6.45) is 1.66. The minimum absolute atomic E-state index is 0.202. The summed E-state index contributed by atoms with van der Waals surface area (Å²) in [5, 5.41) is 4.05. The van der Waals surface area contributed by atoms with Gasteiger partial charge in [0.25, 0.3) is 5.91 Å². The maximum atomic E-state index is 12.1. The third kappa shape index (κ3) is 5.18. The van der Waals surface area contributed by atoms with Gasteiger partial charge in [-0.15, -0.1) is 0 Å². The molecule has 2 aromatic rings. The van der Waals surface area contributed by atoms with Crippen LogP contribution >= 0.6 is 0 Å². The second-order valence-electron chi connectivity index (χ2n) is 6.24. The zero-order chi connectivity index (χ0) is 18.2. The van der Waals surface area contributed by atoms with Gasteiger partial charge in [0, 0.05) is 24.3 Å². The standard InChI is InChI=1S/C21H27N3O/c1-5-24(6-2)20-13-7-17(8-14-20)15-22-23-21(25)19-11-9-18(10-12-19)16(3)4/h7-16H,5-6H2,1-4H3,(H,23,25)/b22-15+. The smallest absolute Gasteiger partial charge is 0.271 e. The van der Waals surface area contributed by atoms with Gasteiger partial charge in [-0.05, 0) is 55.2 Å². The second kappa shape index (κ2) is 9.02. The molecule has 0 fully saturated rings. The first-order valence-electron chi connectivity index (χ1n) is 8.83. The Hall–Kier alpha value is -2.62. The minimum atomic E-state index is -0.202. The molecule has 2 aromatic carbocycles. The molecular formula is C21H27N3O. The van der Waals surface area contributed by atoms with E-state index in [0.29, 0.717) is 11.5 Å². The number of hydrogen-bond donors (Lipinski definition) is 1. The highest BCUT2D eigenvalue weighted by molar-refractivity contribution is 5.94. The molecule has 0 spiro atoms. The number of anilines is 1. The van der Waals surface area contributed by atoms with Crippen LogP contribution in [0.25, 0.3) is 0 Å². The average molecular weight is 337 g/mol. The van der Waals surface area contributed by atoms with Gasteiger partial charge in [0.15, 0.2) is 0 Å². The van der Waals surface area contributed by atoms with E-state index < -0.39 is 0 Å². The monoisotopic (exact) mass is 337 g/mol. The van der Waals surface area contributed by atoms with Crippen LogP contribution in [0, 0.1) is 0 Å². The van der Waals surface area contributed by atoms with Crippen molar-refractivity contribution in [1.82, 2.24) is 5.43 Å². The van der Waals surface area contributed by atoms with E-state index in [1.54, 1.807) is 6.21 Å². The highest BCUT2D eigenvalue weighted by Gasteiger charge is 2.05. The first-order valence-corrected chi connectivity index (χ1v) is 8.83. The van der Waals surface area contributed by atoms with Crippen molar-refractivity contribution in [3.63, 3.8) is 0 Å². The molecule has 0 heterocycles. The van der Waals surface area contributed by atoms with Gasteiger partial charge in [-0.3, -0.25) is 4.79 Å². The third-order valence-electron chi connectivity index (χ3n) is 4.24. The molecule has 0 radical (unpaired) electrons. The summed E-state index contributed by atoms with van der Waals surface area (Å²) in [7, 11) is 0. The molecule has 25 heavy (non-hydrogen) atoms. The summed E-state index contributed by atoms with van der Waals surface area (Å²) in [4.78, 5) is 14.4. The molecule has 2 rings (SSSR count). The molecule has 1 amide bonds. The maximum Gasteiger partial charge on any atom is 0.271 e. The molecule has 4 heteroatoms. The van der Waals surface area contributed by atoms with Crippen LogP contribution < -0.4 is 10.3 Å². The van der Waals surface area contributed by atoms with E-state index in [-0.39, 0.29) is 5.91 Å². The third-order valence-corrected chi connectivity index (χ3v) is 4.24. The van der Waals surface area contributed by atoms with E-state index >= 15 is 0 Å². The number of carbonyl (C=O) groups is 1. The number of amides is 1. The van der Waals surface area contributed by atoms with Crippen molar-refractivity contribution in [2.45, 2.75) is 33.6 Å². The van der Waals surface area contributed by atoms with Gasteiger partial charge in [-0.2, -0.15) is 5.10 Å². The summed E-state index contributed by atoms with van der Waals surface area (Å²) in [6, 6.07) is 15.8. The van der Waals surface area contributed by atoms with Crippen LogP contribution in [0.15, 0.2) is 53.6 Å². The number of carbonyl (C=O) groups excluding carboxylic acids is 1. The van der Waals surface area contributed by atoms with Crippen LogP contribution in [0.5, 0.6) is 0 Å². The summed E-state index contributed by atoms with van der Waals surface area (Å²) < 4.78 is 0. The van der Waals surface area contributed by atoms with Crippen LogP contribution in [0.3, 0.4) is 0 Å². The van der Waals surface area contributed by atoms with Gasteiger partial charge in [-0.1, -0.05) is 38.1 Å². The van der Waals surface area contributed by atoms with E-state index in [2.05, 4.69) is 55.3 Å². The quantitative estimate of drug-likeness (QED) is 0.600. The topological polar surface area (TPSA) is 44.7 Å². The molecule has 0 atom stereocenters. The Balaban J connectivity index is 1.94. The van der Waals surface area contributed by atoms with Crippen LogP contribution in [-0.4, -0.2) is 25.2 Å². The van der Waals surface area contributed by atoms with Crippen molar-refractivity contribution in [2.24, 2.45) is 5.10 Å². The van der Waals surface area contributed by atoms with E-state index in [9.17, 15) is 4.79 Å². The molecule has 0 unspecified atom stereocenters. The first-order chi connectivity index (χ1) is 12.0. The lowest BCUT2D eigenvalue weighted by Crippen LogP contribution is -2.21. The van der Waals surface area contributed by atoms with Crippen molar-refractivity contribution in [3.8, 4) is 0 Å². The number of nitrogens with zero attached hydrogens (tertiary/aromatic N) is 2. The summed E-state index contributed by atoms with van der Waals surface area (Å²) in [6.45, 7) is 10.5. The largest absolute Gasteiger partial charge is 0.372 e. The lowest BCUT2D eigenvalue weighted by Gasteiger charge is -2.20. The van der Waals surface area contributed by atoms with Crippen LogP contribution in [0.4, 0.5) is 5.69 Å². The summed E-state index contributed by atoms with van der Waals surface area (Å²) in [5.41, 5.74) is 6.54. The zero-order valence-corrected chi connectivity index (χ0v) is 15.5. The molecule has 0 saturated heterocycles. The molecule has 4 nitrogen and oxygen atoms in total. The number of hydrazone groups is 1. The average Bonchev–Trinajstić information content (AvgIpc) is 2.64. The Morgan fingerprint density at radius 3 is 2.16 bits per heavy atom. The Kier molecular flexibility index (Phi) is 6.75. The van der Waals surface area contributed by atoms with Gasteiger partial charge in [0.1, 0.15) is 0 Å². The second-order valence-corrected chi connectivity index (χ2v) is 6.24. The van der Waals surface area contributed by atoms with Gasteiger partial charge in [0.2, 0.25) is 0 Å². The lowest BCUT2D eigenvalue weighted by atomic mass is 10.0. The predicted molar refractivity (Wildman–Crippen MR) is 106 cm³/mol. The van der Waals surface area contributed by atoms with E-state index in [4.69, 9.17) is 0 Å². The highest BCUT2D eigenvalue weighted by Crippen LogP contribution is 2.15. The molecule has 0 aliphatic heterocycles. The van der Waals surface area contributed by atoms with Crippen LogP contribution in [-0.2, 0) is 0 Å². The van der Waals surface area contributed by atoms with E-state index in [1.165, 1.54) is 11.3 Å². The fraction of sp³-hybridized carbons (Fsp3) is 0.333. The van der Waals surface area contributed by atoms with Crippen molar-refractivity contribution in [2.75, 3.05) is 18.0 Å². The number of rotatable bonds is 7. The Morgan fingerprint density at radius 1 is 1.04 bits per heavy atom. The molecule has 132 valence electrons. The van der Waals surface area contributed by atoms with Gasteiger partial charge in [0.05, 0.1) is 6.21 Å². The molecule has 1 N–H and O–H groups in total. The molecule has 0 bridgehead atoms. The van der Waals surface area contributed by atoms with Gasteiger partial charge >= 0.3 is 0 Å². The Bertz CT molecular complexity index is 699. The number of nitrogens with one attached hydrogen (secondary N) is 1. The Labute approximate surface area is 150 Å². The summed E-state index contributed by atoms with van der Waals surface area (Å²) >= 11 is 0. The fourth-order valence-electron chi connectivity index (χ4n) is 2.61. The van der Waals surface area contributed by atoms with Gasteiger partial charge < -0.3 is 4.90 Å². The summed E-state index contributed by atoms with van der Waals surface area (Å²) in [5.74, 6) is 0.251. The van der Waals surface area contributed by atoms with Crippen molar-refractivity contribution in [1.29, 1.82) is 0 Å². The lowest BCUT2D eigenvalue weighted by molar-refractivity contribution is 0.0955.